The SMILES string of the molecule is NS(=O)(=O)CCCNS(=O)(=O)c1ccc(C#CCO)cc1. The Hall–Kier alpha value is -1.44. The number of hydrogen-bond donors (Lipinski definition) is 3. The molecule has 0 bridgehead atoms. The lowest BCUT2D eigenvalue weighted by Gasteiger charge is -2.06. The van der Waals surface area contributed by atoms with Crippen molar-refractivity contribution in [3.63, 3.8) is 0 Å². The highest BCUT2D eigenvalue weighted by Crippen LogP contribution is 2.09. The third-order valence-corrected chi connectivity index (χ3v) is 4.71. The second kappa shape index (κ2) is 7.53. The Bertz CT molecular complexity index is 728. The van der Waals surface area contributed by atoms with Gasteiger partial charge in [0.25, 0.3) is 0 Å². The molecule has 0 atom stereocenters. The van der Waals surface area contributed by atoms with Crippen LogP contribution in [0.5, 0.6) is 0 Å². The highest BCUT2D eigenvalue weighted by molar-refractivity contribution is 7.89. The van der Waals surface area contributed by atoms with Crippen LogP contribution < -0.4 is 9.86 Å². The largest absolute Gasteiger partial charge is 0.384 e. The lowest BCUT2D eigenvalue weighted by molar-refractivity contribution is 0.350. The number of aliphatic hydroxyl groups is 1. The molecular weight excluding hydrogens is 316 g/mol. The minimum Gasteiger partial charge on any atom is -0.384 e. The molecule has 0 aromatic heterocycles. The Morgan fingerprint density at radius 3 is 2.29 bits per heavy atom. The second-order valence-corrected chi connectivity index (χ2v) is 7.60. The van der Waals surface area contributed by atoms with Crippen LogP contribution >= 0.6 is 0 Å². The van der Waals surface area contributed by atoms with Crippen LogP contribution in [0.2, 0.25) is 0 Å². The number of aliphatic hydroxyl groups excluding tert-OH is 1. The summed E-state index contributed by atoms with van der Waals surface area (Å²) in [5.74, 6) is 4.81. The molecule has 4 N–H and O–H groups in total. The predicted octanol–water partition coefficient (Wildman–Crippen LogP) is -1.01. The average Bonchev–Trinajstić information content (AvgIpc) is 2.41. The van der Waals surface area contributed by atoms with Crippen molar-refractivity contribution in [1.82, 2.24) is 4.72 Å². The van der Waals surface area contributed by atoms with Gasteiger partial charge in [0.15, 0.2) is 0 Å². The zero-order chi connectivity index (χ0) is 15.9. The molecule has 7 nitrogen and oxygen atoms in total. The summed E-state index contributed by atoms with van der Waals surface area (Å²) in [4.78, 5) is 0.0488. The summed E-state index contributed by atoms with van der Waals surface area (Å²) in [7, 11) is -7.29. The highest BCUT2D eigenvalue weighted by atomic mass is 32.2. The number of rotatable bonds is 6. The molecule has 0 amide bonds. The van der Waals surface area contributed by atoms with Gasteiger partial charge in [0.1, 0.15) is 6.61 Å². The van der Waals surface area contributed by atoms with Crippen molar-refractivity contribution in [2.45, 2.75) is 11.3 Å². The first kappa shape index (κ1) is 17.6. The van der Waals surface area contributed by atoms with Crippen LogP contribution in [0.3, 0.4) is 0 Å². The molecule has 116 valence electrons. The van der Waals surface area contributed by atoms with Gasteiger partial charge in [0.2, 0.25) is 20.0 Å². The Kier molecular flexibility index (Phi) is 6.32. The van der Waals surface area contributed by atoms with Crippen molar-refractivity contribution in [1.29, 1.82) is 0 Å². The van der Waals surface area contributed by atoms with Crippen LogP contribution in [0.15, 0.2) is 29.2 Å². The first-order valence-electron chi connectivity index (χ1n) is 5.94. The molecular formula is C12H16N2O5S2. The molecule has 0 aliphatic carbocycles. The fraction of sp³-hybridized carbons (Fsp3) is 0.333. The van der Waals surface area contributed by atoms with Crippen molar-refractivity contribution in [3.05, 3.63) is 29.8 Å². The van der Waals surface area contributed by atoms with Crippen LogP contribution in [0.25, 0.3) is 0 Å². The van der Waals surface area contributed by atoms with Gasteiger partial charge in [-0.25, -0.2) is 26.7 Å². The first-order chi connectivity index (χ1) is 9.74. The zero-order valence-corrected chi connectivity index (χ0v) is 12.7. The summed E-state index contributed by atoms with van der Waals surface area (Å²) in [6.07, 6.45) is 0.0954. The van der Waals surface area contributed by atoms with Crippen molar-refractivity contribution in [2.75, 3.05) is 18.9 Å². The molecule has 1 rings (SSSR count). The van der Waals surface area contributed by atoms with Gasteiger partial charge >= 0.3 is 0 Å². The standard InChI is InChI=1S/C12H16N2O5S2/c13-20(16,17)10-2-8-14-21(18,19)12-6-4-11(5-7-12)3-1-9-15/h4-7,14-15H,2,8-10H2,(H2,13,16,17). The van der Waals surface area contributed by atoms with Gasteiger partial charge in [0, 0.05) is 12.1 Å². The van der Waals surface area contributed by atoms with Crippen LogP contribution in [0, 0.1) is 11.8 Å². The molecule has 1 aromatic rings. The van der Waals surface area contributed by atoms with Crippen LogP contribution in [0.4, 0.5) is 0 Å². The zero-order valence-electron chi connectivity index (χ0n) is 11.1. The molecule has 0 radical (unpaired) electrons. The van der Waals surface area contributed by atoms with E-state index in [0.29, 0.717) is 5.56 Å². The summed E-state index contributed by atoms with van der Waals surface area (Å²) in [5, 5.41) is 13.4. The van der Waals surface area contributed by atoms with Crippen molar-refractivity contribution >= 4 is 20.0 Å². The summed E-state index contributed by atoms with van der Waals surface area (Å²) < 4.78 is 47.6. The monoisotopic (exact) mass is 332 g/mol. The van der Waals surface area contributed by atoms with Crippen molar-refractivity contribution < 1.29 is 21.9 Å². The highest BCUT2D eigenvalue weighted by Gasteiger charge is 2.13. The van der Waals surface area contributed by atoms with Gasteiger partial charge in [-0.2, -0.15) is 0 Å². The molecule has 0 aliphatic heterocycles. The molecule has 0 heterocycles. The molecule has 0 saturated heterocycles. The van der Waals surface area contributed by atoms with E-state index in [4.69, 9.17) is 10.2 Å². The molecule has 0 unspecified atom stereocenters. The fourth-order valence-electron chi connectivity index (χ4n) is 1.42. The molecule has 21 heavy (non-hydrogen) atoms. The number of nitrogens with one attached hydrogen (secondary N) is 1. The third-order valence-electron chi connectivity index (χ3n) is 2.37. The predicted molar refractivity (Wildman–Crippen MR) is 78.2 cm³/mol. The van der Waals surface area contributed by atoms with E-state index in [1.54, 1.807) is 0 Å². The van der Waals surface area contributed by atoms with Gasteiger partial charge in [-0.15, -0.1) is 0 Å². The molecule has 0 fully saturated rings. The lowest BCUT2D eigenvalue weighted by Crippen LogP contribution is -2.27. The minimum absolute atomic E-state index is 0.0230. The Morgan fingerprint density at radius 2 is 1.76 bits per heavy atom. The lowest BCUT2D eigenvalue weighted by atomic mass is 10.2. The molecule has 0 spiro atoms. The van der Waals surface area contributed by atoms with E-state index in [0.717, 1.165) is 0 Å². The number of benzene rings is 1. The maximum absolute atomic E-state index is 11.9. The molecule has 0 aliphatic rings. The van der Waals surface area contributed by atoms with Crippen LogP contribution in [-0.2, 0) is 20.0 Å². The minimum atomic E-state index is -3.70. The van der Waals surface area contributed by atoms with E-state index in [9.17, 15) is 16.8 Å². The second-order valence-electron chi connectivity index (χ2n) is 4.10. The van der Waals surface area contributed by atoms with Crippen LogP contribution in [-0.4, -0.2) is 40.8 Å². The normalized spacial score (nSPS) is 11.7. The van der Waals surface area contributed by atoms with E-state index in [1.807, 2.05) is 0 Å². The maximum atomic E-state index is 11.9. The Balaban J connectivity index is 2.66. The summed E-state index contributed by atoms with van der Waals surface area (Å²) in [6, 6.07) is 5.79. The van der Waals surface area contributed by atoms with E-state index < -0.39 is 20.0 Å². The van der Waals surface area contributed by atoms with E-state index in [-0.39, 0.29) is 30.2 Å². The quantitative estimate of drug-likeness (QED) is 0.454. The van der Waals surface area contributed by atoms with Crippen molar-refractivity contribution in [3.8, 4) is 11.8 Å². The van der Waals surface area contributed by atoms with Gasteiger partial charge in [-0.05, 0) is 30.7 Å². The number of hydrogen-bond acceptors (Lipinski definition) is 5. The Labute approximate surface area is 124 Å². The van der Waals surface area contributed by atoms with Gasteiger partial charge < -0.3 is 5.11 Å². The fourth-order valence-corrected chi connectivity index (χ4v) is 3.04. The topological polar surface area (TPSA) is 127 Å². The maximum Gasteiger partial charge on any atom is 0.240 e. The van der Waals surface area contributed by atoms with Gasteiger partial charge in [-0.1, -0.05) is 11.8 Å². The van der Waals surface area contributed by atoms with E-state index in [2.05, 4.69) is 16.6 Å². The van der Waals surface area contributed by atoms with Crippen LogP contribution in [0.1, 0.15) is 12.0 Å². The third kappa shape index (κ3) is 6.70. The summed E-state index contributed by atoms with van der Waals surface area (Å²) in [6.45, 7) is -0.295. The average molecular weight is 332 g/mol. The van der Waals surface area contributed by atoms with Gasteiger partial charge in [-0.3, -0.25) is 0 Å². The molecule has 0 saturated carbocycles. The smallest absolute Gasteiger partial charge is 0.240 e. The Morgan fingerprint density at radius 1 is 1.14 bits per heavy atom. The van der Waals surface area contributed by atoms with E-state index >= 15 is 0 Å². The summed E-state index contributed by atoms with van der Waals surface area (Å²) in [5.41, 5.74) is 0.581. The number of sulfonamides is 2. The van der Waals surface area contributed by atoms with Gasteiger partial charge in [0.05, 0.1) is 10.6 Å². The van der Waals surface area contributed by atoms with E-state index in [1.165, 1.54) is 24.3 Å². The number of nitrogens with two attached hydrogens (primary N) is 1. The molecule has 1 aromatic carbocycles. The molecule has 9 heteroatoms. The summed E-state index contributed by atoms with van der Waals surface area (Å²) >= 11 is 0. The van der Waals surface area contributed by atoms with Crippen molar-refractivity contribution in [2.24, 2.45) is 5.14 Å². The number of primary sulfonamides is 1. The first-order valence-corrected chi connectivity index (χ1v) is 9.14.